The molecule has 2 N–H and O–H groups in total. The molecule has 0 bridgehead atoms. The highest BCUT2D eigenvalue weighted by atomic mass is 16.5. The van der Waals surface area contributed by atoms with Crippen LogP contribution >= 0.6 is 0 Å². The molecule has 1 aromatic carbocycles. The second-order valence-electron chi connectivity index (χ2n) is 4.77. The highest BCUT2D eigenvalue weighted by molar-refractivity contribution is 5.77. The third-order valence-corrected chi connectivity index (χ3v) is 3.17. The van der Waals surface area contributed by atoms with Gasteiger partial charge in [0.1, 0.15) is 5.75 Å². The zero-order valence-corrected chi connectivity index (χ0v) is 11.2. The van der Waals surface area contributed by atoms with E-state index in [0.717, 1.165) is 19.4 Å². The van der Waals surface area contributed by atoms with Gasteiger partial charge in [0, 0.05) is 25.9 Å². The number of hydrogen-bond acceptors (Lipinski definition) is 4. The summed E-state index contributed by atoms with van der Waals surface area (Å²) in [5.74, 6) is 0.598. The molecule has 1 fully saturated rings. The number of hydrogen-bond donors (Lipinski definition) is 1. The summed E-state index contributed by atoms with van der Waals surface area (Å²) >= 11 is 0. The fourth-order valence-corrected chi connectivity index (χ4v) is 2.01. The second-order valence-corrected chi connectivity index (χ2v) is 4.77. The van der Waals surface area contributed by atoms with E-state index in [1.807, 2.05) is 0 Å². The lowest BCUT2D eigenvalue weighted by atomic mass is 10.2. The summed E-state index contributed by atoms with van der Waals surface area (Å²) in [6.45, 7) is 1.46. The Labute approximate surface area is 113 Å². The number of rotatable bonds is 5. The van der Waals surface area contributed by atoms with E-state index in [1.54, 1.807) is 36.2 Å². The fraction of sp³-hybridized carbons (Fsp3) is 0.500. The Morgan fingerprint density at radius 3 is 2.84 bits per heavy atom. The molecule has 104 valence electrons. The number of anilines is 1. The molecule has 1 aliphatic rings. The summed E-state index contributed by atoms with van der Waals surface area (Å²) in [5, 5.41) is 0. The Bertz CT molecular complexity index is 413. The Hall–Kier alpha value is -1.75. The van der Waals surface area contributed by atoms with Crippen LogP contribution in [-0.2, 0) is 9.53 Å². The van der Waals surface area contributed by atoms with Crippen molar-refractivity contribution in [1.82, 2.24) is 4.90 Å². The van der Waals surface area contributed by atoms with E-state index in [1.165, 1.54) is 0 Å². The SMILES string of the molecule is CN(CC1CCCO1)C(=O)COc1ccc(N)cc1. The van der Waals surface area contributed by atoms with Crippen LogP contribution in [0.1, 0.15) is 12.8 Å². The third-order valence-electron chi connectivity index (χ3n) is 3.17. The summed E-state index contributed by atoms with van der Waals surface area (Å²) in [6, 6.07) is 7.00. The predicted octanol–water partition coefficient (Wildman–Crippen LogP) is 1.28. The molecule has 0 radical (unpaired) electrons. The number of benzene rings is 1. The van der Waals surface area contributed by atoms with Gasteiger partial charge in [0.25, 0.3) is 5.91 Å². The molecule has 5 heteroatoms. The van der Waals surface area contributed by atoms with Crippen LogP contribution in [0.4, 0.5) is 5.69 Å². The van der Waals surface area contributed by atoms with Crippen LogP contribution in [0, 0.1) is 0 Å². The zero-order valence-electron chi connectivity index (χ0n) is 11.2. The van der Waals surface area contributed by atoms with Crippen molar-refractivity contribution in [2.24, 2.45) is 0 Å². The zero-order chi connectivity index (χ0) is 13.7. The van der Waals surface area contributed by atoms with Crippen LogP contribution in [-0.4, -0.2) is 43.7 Å². The van der Waals surface area contributed by atoms with Gasteiger partial charge in [-0.3, -0.25) is 4.79 Å². The molecule has 1 amide bonds. The van der Waals surface area contributed by atoms with Crippen LogP contribution in [0.3, 0.4) is 0 Å². The Balaban J connectivity index is 1.75. The number of carbonyl (C=O) groups is 1. The van der Waals surface area contributed by atoms with E-state index in [4.69, 9.17) is 15.2 Å². The molecular formula is C14H20N2O3. The minimum Gasteiger partial charge on any atom is -0.484 e. The van der Waals surface area contributed by atoms with Crippen LogP contribution in [0.25, 0.3) is 0 Å². The van der Waals surface area contributed by atoms with E-state index in [0.29, 0.717) is 18.0 Å². The number of amides is 1. The van der Waals surface area contributed by atoms with E-state index in [9.17, 15) is 4.79 Å². The van der Waals surface area contributed by atoms with Crippen LogP contribution < -0.4 is 10.5 Å². The molecule has 1 unspecified atom stereocenters. The summed E-state index contributed by atoms with van der Waals surface area (Å²) in [7, 11) is 1.77. The summed E-state index contributed by atoms with van der Waals surface area (Å²) in [6.07, 6.45) is 2.27. The van der Waals surface area contributed by atoms with Crippen molar-refractivity contribution in [2.75, 3.05) is 32.5 Å². The quantitative estimate of drug-likeness (QED) is 0.814. The number of nitrogen functional groups attached to an aromatic ring is 1. The average molecular weight is 264 g/mol. The molecule has 0 aromatic heterocycles. The second kappa shape index (κ2) is 6.43. The van der Waals surface area contributed by atoms with Crippen molar-refractivity contribution in [3.05, 3.63) is 24.3 Å². The number of nitrogens with zero attached hydrogens (tertiary/aromatic N) is 1. The lowest BCUT2D eigenvalue weighted by Crippen LogP contribution is -2.37. The number of carbonyl (C=O) groups excluding carboxylic acids is 1. The highest BCUT2D eigenvalue weighted by Crippen LogP contribution is 2.14. The summed E-state index contributed by atoms with van der Waals surface area (Å²) in [5.41, 5.74) is 6.25. The molecule has 1 heterocycles. The van der Waals surface area contributed by atoms with Crippen molar-refractivity contribution in [2.45, 2.75) is 18.9 Å². The van der Waals surface area contributed by atoms with Crippen molar-refractivity contribution >= 4 is 11.6 Å². The molecule has 2 rings (SSSR count). The number of ether oxygens (including phenoxy) is 2. The molecule has 5 nitrogen and oxygen atoms in total. The van der Waals surface area contributed by atoms with Gasteiger partial charge in [-0.25, -0.2) is 0 Å². The van der Waals surface area contributed by atoms with Gasteiger partial charge >= 0.3 is 0 Å². The monoisotopic (exact) mass is 264 g/mol. The minimum atomic E-state index is -0.0488. The average Bonchev–Trinajstić information content (AvgIpc) is 2.90. The third kappa shape index (κ3) is 4.13. The molecule has 1 aliphatic heterocycles. The molecule has 0 spiro atoms. The fourth-order valence-electron chi connectivity index (χ4n) is 2.01. The van der Waals surface area contributed by atoms with Gasteiger partial charge < -0.3 is 20.1 Å². The maximum Gasteiger partial charge on any atom is 0.260 e. The van der Waals surface area contributed by atoms with Gasteiger partial charge in [0.15, 0.2) is 6.61 Å². The van der Waals surface area contributed by atoms with Crippen LogP contribution in [0.15, 0.2) is 24.3 Å². The predicted molar refractivity (Wildman–Crippen MR) is 73.0 cm³/mol. The topological polar surface area (TPSA) is 64.8 Å². The van der Waals surface area contributed by atoms with Gasteiger partial charge in [0.05, 0.1) is 6.10 Å². The first-order chi connectivity index (χ1) is 9.15. The molecule has 1 aromatic rings. The highest BCUT2D eigenvalue weighted by Gasteiger charge is 2.20. The van der Waals surface area contributed by atoms with E-state index in [2.05, 4.69) is 0 Å². The van der Waals surface area contributed by atoms with Crippen molar-refractivity contribution < 1.29 is 14.3 Å². The maximum atomic E-state index is 11.9. The van der Waals surface area contributed by atoms with Gasteiger partial charge in [-0.1, -0.05) is 0 Å². The first-order valence-corrected chi connectivity index (χ1v) is 6.49. The Kier molecular flexibility index (Phi) is 4.63. The molecule has 0 aliphatic carbocycles. The Morgan fingerprint density at radius 1 is 1.47 bits per heavy atom. The normalized spacial score (nSPS) is 18.3. The minimum absolute atomic E-state index is 0.0349. The lowest BCUT2D eigenvalue weighted by molar-refractivity contribution is -0.133. The lowest BCUT2D eigenvalue weighted by Gasteiger charge is -2.20. The van der Waals surface area contributed by atoms with Gasteiger partial charge in [0.2, 0.25) is 0 Å². The number of nitrogens with two attached hydrogens (primary N) is 1. The van der Waals surface area contributed by atoms with Crippen molar-refractivity contribution in [3.8, 4) is 5.75 Å². The standard InChI is InChI=1S/C14H20N2O3/c1-16(9-13-3-2-8-18-13)14(17)10-19-12-6-4-11(15)5-7-12/h4-7,13H,2-3,8-10,15H2,1H3. The van der Waals surface area contributed by atoms with E-state index >= 15 is 0 Å². The molecule has 19 heavy (non-hydrogen) atoms. The van der Waals surface area contributed by atoms with Gasteiger partial charge in [-0.05, 0) is 37.1 Å². The molecule has 1 saturated heterocycles. The first-order valence-electron chi connectivity index (χ1n) is 6.49. The van der Waals surface area contributed by atoms with E-state index in [-0.39, 0.29) is 18.6 Å². The van der Waals surface area contributed by atoms with Crippen LogP contribution in [0.2, 0.25) is 0 Å². The maximum absolute atomic E-state index is 11.9. The van der Waals surface area contributed by atoms with Crippen LogP contribution in [0.5, 0.6) is 5.75 Å². The molecular weight excluding hydrogens is 244 g/mol. The molecule has 1 atom stereocenters. The Morgan fingerprint density at radius 2 is 2.21 bits per heavy atom. The van der Waals surface area contributed by atoms with Gasteiger partial charge in [-0.2, -0.15) is 0 Å². The summed E-state index contributed by atoms with van der Waals surface area (Å²) in [4.78, 5) is 13.6. The van der Waals surface area contributed by atoms with Crippen molar-refractivity contribution in [1.29, 1.82) is 0 Å². The summed E-state index contributed by atoms with van der Waals surface area (Å²) < 4.78 is 10.9. The molecule has 0 saturated carbocycles. The van der Waals surface area contributed by atoms with Crippen molar-refractivity contribution in [3.63, 3.8) is 0 Å². The van der Waals surface area contributed by atoms with Gasteiger partial charge in [-0.15, -0.1) is 0 Å². The smallest absolute Gasteiger partial charge is 0.260 e. The van der Waals surface area contributed by atoms with E-state index < -0.39 is 0 Å². The number of likely N-dealkylation sites (N-methyl/N-ethyl adjacent to an activating group) is 1. The first kappa shape index (κ1) is 13.7. The largest absolute Gasteiger partial charge is 0.484 e.